The molecule has 4 rings (SSSR count). The number of benzene rings is 1. The molecule has 3 aromatic heterocycles. The Balaban J connectivity index is 1.86. The van der Waals surface area contributed by atoms with Gasteiger partial charge in [0.05, 0.1) is 16.8 Å². The summed E-state index contributed by atoms with van der Waals surface area (Å²) in [7, 11) is 0. The lowest BCUT2D eigenvalue weighted by molar-refractivity contribution is -0.137. The Bertz CT molecular complexity index is 1390. The van der Waals surface area contributed by atoms with Gasteiger partial charge in [-0.3, -0.25) is 9.47 Å². The van der Waals surface area contributed by atoms with E-state index in [0.29, 0.717) is 34.2 Å². The van der Waals surface area contributed by atoms with Crippen LogP contribution in [0.15, 0.2) is 54.7 Å². The van der Waals surface area contributed by atoms with Crippen molar-refractivity contribution in [1.82, 2.24) is 19.5 Å². The summed E-state index contributed by atoms with van der Waals surface area (Å²) in [5, 5.41) is 12.9. The van der Waals surface area contributed by atoms with Crippen LogP contribution in [0.1, 0.15) is 32.2 Å². The molecule has 0 fully saturated rings. The SMILES string of the molecule is Cc1nc2ncccc2n1-c1cc(N(C(=O)O)C(C)(C)C)cc(Nc2ccc(C(F)(F)F)cc2)n1. The zero-order valence-electron chi connectivity index (χ0n) is 19.4. The minimum absolute atomic E-state index is 0.248. The van der Waals surface area contributed by atoms with Crippen LogP contribution in [-0.4, -0.2) is 36.3 Å². The molecule has 0 aliphatic rings. The molecule has 11 heteroatoms. The van der Waals surface area contributed by atoms with Crippen LogP contribution in [0.25, 0.3) is 17.0 Å². The van der Waals surface area contributed by atoms with Crippen molar-refractivity contribution in [2.24, 2.45) is 0 Å². The molecule has 182 valence electrons. The summed E-state index contributed by atoms with van der Waals surface area (Å²) in [6.45, 7) is 7.04. The van der Waals surface area contributed by atoms with Gasteiger partial charge in [0.25, 0.3) is 0 Å². The van der Waals surface area contributed by atoms with Gasteiger partial charge >= 0.3 is 12.3 Å². The van der Waals surface area contributed by atoms with Gasteiger partial charge in [-0.05, 0) is 64.1 Å². The van der Waals surface area contributed by atoms with Crippen molar-refractivity contribution in [3.63, 3.8) is 0 Å². The molecular weight excluding hydrogens is 461 g/mol. The smallest absolute Gasteiger partial charge is 0.416 e. The van der Waals surface area contributed by atoms with Crippen molar-refractivity contribution in [1.29, 1.82) is 0 Å². The fourth-order valence-corrected chi connectivity index (χ4v) is 3.80. The van der Waals surface area contributed by atoms with E-state index in [-0.39, 0.29) is 5.82 Å². The number of nitrogens with zero attached hydrogens (tertiary/aromatic N) is 5. The van der Waals surface area contributed by atoms with Crippen molar-refractivity contribution in [2.75, 3.05) is 10.2 Å². The van der Waals surface area contributed by atoms with Gasteiger partial charge in [-0.2, -0.15) is 13.2 Å². The maximum absolute atomic E-state index is 12.9. The molecule has 35 heavy (non-hydrogen) atoms. The van der Waals surface area contributed by atoms with Crippen LogP contribution >= 0.6 is 0 Å². The third kappa shape index (κ3) is 4.88. The van der Waals surface area contributed by atoms with Gasteiger partial charge in [0.1, 0.15) is 17.5 Å². The summed E-state index contributed by atoms with van der Waals surface area (Å²) in [6, 6.07) is 11.2. The standard InChI is InChI=1S/C24H23F3N6O2/c1-14-29-21-18(6-5-11-28-21)32(14)20-13-17(33(22(34)35)23(2,3)4)12-19(31-20)30-16-9-7-15(8-10-16)24(25,26)27/h5-13H,1-4H3,(H,30,31)(H,34,35). The average Bonchev–Trinajstić information content (AvgIpc) is 3.07. The third-order valence-electron chi connectivity index (χ3n) is 5.23. The van der Waals surface area contributed by atoms with Crippen molar-refractivity contribution in [3.05, 3.63) is 66.1 Å². The number of imidazole rings is 1. The van der Waals surface area contributed by atoms with Gasteiger partial charge in [-0.15, -0.1) is 0 Å². The number of fused-ring (bicyclic) bond motifs is 1. The summed E-state index contributed by atoms with van der Waals surface area (Å²) < 4.78 is 40.6. The summed E-state index contributed by atoms with van der Waals surface area (Å²) in [5.74, 6) is 1.21. The Morgan fingerprint density at radius 1 is 1.06 bits per heavy atom. The number of aryl methyl sites for hydroxylation is 1. The fraction of sp³-hybridized carbons (Fsp3) is 0.250. The number of anilines is 3. The second-order valence-electron chi connectivity index (χ2n) is 8.90. The molecule has 4 aromatic rings. The van der Waals surface area contributed by atoms with Gasteiger partial charge in [-0.1, -0.05) is 0 Å². The van der Waals surface area contributed by atoms with Gasteiger partial charge in [0.15, 0.2) is 5.65 Å². The molecule has 0 saturated heterocycles. The summed E-state index contributed by atoms with van der Waals surface area (Å²) in [5.41, 5.74) is 0.301. The number of halogens is 3. The molecule has 0 aliphatic heterocycles. The highest BCUT2D eigenvalue weighted by atomic mass is 19.4. The van der Waals surface area contributed by atoms with E-state index in [1.165, 1.54) is 23.1 Å². The van der Waals surface area contributed by atoms with E-state index in [2.05, 4.69) is 20.3 Å². The summed E-state index contributed by atoms with van der Waals surface area (Å²) in [6.07, 6.45) is -4.00. The van der Waals surface area contributed by atoms with E-state index in [1.807, 2.05) is 6.07 Å². The third-order valence-corrected chi connectivity index (χ3v) is 5.23. The summed E-state index contributed by atoms with van der Waals surface area (Å²) in [4.78, 5) is 26.7. The minimum atomic E-state index is -4.45. The minimum Gasteiger partial charge on any atom is -0.465 e. The Labute approximate surface area is 199 Å². The Kier molecular flexibility index (Phi) is 5.87. The first-order valence-electron chi connectivity index (χ1n) is 10.6. The molecule has 0 bridgehead atoms. The lowest BCUT2D eigenvalue weighted by atomic mass is 10.1. The molecule has 0 saturated carbocycles. The molecule has 8 nitrogen and oxygen atoms in total. The number of amides is 1. The topological polar surface area (TPSA) is 96.2 Å². The lowest BCUT2D eigenvalue weighted by Gasteiger charge is -2.33. The number of nitrogens with one attached hydrogen (secondary N) is 1. The number of hydrogen-bond donors (Lipinski definition) is 2. The van der Waals surface area contributed by atoms with Crippen LogP contribution in [0.5, 0.6) is 0 Å². The van der Waals surface area contributed by atoms with Gasteiger partial charge < -0.3 is 10.4 Å². The highest BCUT2D eigenvalue weighted by molar-refractivity contribution is 5.89. The fourth-order valence-electron chi connectivity index (χ4n) is 3.80. The number of alkyl halides is 3. The van der Waals surface area contributed by atoms with Crippen LogP contribution in [0.4, 0.5) is 35.2 Å². The van der Waals surface area contributed by atoms with Gasteiger partial charge in [0, 0.05) is 29.6 Å². The largest absolute Gasteiger partial charge is 0.465 e. The number of carboxylic acid groups (broad SMARTS) is 1. The second-order valence-corrected chi connectivity index (χ2v) is 8.90. The van der Waals surface area contributed by atoms with E-state index >= 15 is 0 Å². The van der Waals surface area contributed by atoms with Gasteiger partial charge in [0.2, 0.25) is 0 Å². The van der Waals surface area contributed by atoms with E-state index in [4.69, 9.17) is 0 Å². The first-order chi connectivity index (χ1) is 16.3. The molecule has 0 atom stereocenters. The Morgan fingerprint density at radius 3 is 2.34 bits per heavy atom. The normalized spacial score (nSPS) is 12.1. The van der Waals surface area contributed by atoms with Crippen LogP contribution in [-0.2, 0) is 6.18 Å². The molecular formula is C24H23F3N6O2. The van der Waals surface area contributed by atoms with Crippen LogP contribution in [0.2, 0.25) is 0 Å². The first kappa shape index (κ1) is 24.0. The molecule has 1 aromatic carbocycles. The second kappa shape index (κ2) is 8.57. The van der Waals surface area contributed by atoms with Crippen molar-refractivity contribution in [3.8, 4) is 5.82 Å². The Hall–Kier alpha value is -4.15. The molecule has 1 amide bonds. The van der Waals surface area contributed by atoms with Crippen molar-refractivity contribution in [2.45, 2.75) is 39.4 Å². The highest BCUT2D eigenvalue weighted by Crippen LogP contribution is 2.33. The number of aromatic nitrogens is 4. The number of rotatable bonds is 4. The predicted molar refractivity (Wildman–Crippen MR) is 126 cm³/mol. The zero-order chi connectivity index (χ0) is 25.5. The zero-order valence-corrected chi connectivity index (χ0v) is 19.4. The van der Waals surface area contributed by atoms with E-state index in [0.717, 1.165) is 12.1 Å². The highest BCUT2D eigenvalue weighted by Gasteiger charge is 2.31. The molecule has 0 spiro atoms. The maximum atomic E-state index is 12.9. The molecule has 2 N–H and O–H groups in total. The molecule has 0 unspecified atom stereocenters. The maximum Gasteiger partial charge on any atom is 0.416 e. The Morgan fingerprint density at radius 2 is 1.74 bits per heavy atom. The van der Waals surface area contributed by atoms with Crippen molar-refractivity contribution >= 4 is 34.4 Å². The molecule has 3 heterocycles. The van der Waals surface area contributed by atoms with Crippen LogP contribution in [0.3, 0.4) is 0 Å². The average molecular weight is 484 g/mol. The molecule has 0 aliphatic carbocycles. The van der Waals surface area contributed by atoms with E-state index < -0.39 is 23.4 Å². The summed E-state index contributed by atoms with van der Waals surface area (Å²) >= 11 is 0. The lowest BCUT2D eigenvalue weighted by Crippen LogP contribution is -2.45. The number of hydrogen-bond acceptors (Lipinski definition) is 5. The van der Waals surface area contributed by atoms with Crippen LogP contribution < -0.4 is 10.2 Å². The number of carbonyl (C=O) groups is 1. The van der Waals surface area contributed by atoms with E-state index in [9.17, 15) is 23.1 Å². The van der Waals surface area contributed by atoms with Crippen molar-refractivity contribution < 1.29 is 23.1 Å². The quantitative estimate of drug-likeness (QED) is 0.360. The van der Waals surface area contributed by atoms with E-state index in [1.54, 1.807) is 50.6 Å². The predicted octanol–water partition coefficient (Wildman–Crippen LogP) is 6.17. The monoisotopic (exact) mass is 484 g/mol. The van der Waals surface area contributed by atoms with Crippen LogP contribution in [0, 0.1) is 6.92 Å². The molecule has 0 radical (unpaired) electrons. The van der Waals surface area contributed by atoms with Gasteiger partial charge in [-0.25, -0.2) is 19.7 Å². The first-order valence-corrected chi connectivity index (χ1v) is 10.6. The number of pyridine rings is 2.